The first-order valence-corrected chi connectivity index (χ1v) is 7.18. The number of carbonyl (C=O) groups is 1. The molecule has 0 saturated carbocycles. The highest BCUT2D eigenvalue weighted by Gasteiger charge is 2.46. The molecule has 4 nitrogen and oxygen atoms in total. The van der Waals surface area contributed by atoms with Crippen molar-refractivity contribution in [1.29, 1.82) is 0 Å². The summed E-state index contributed by atoms with van der Waals surface area (Å²) in [6, 6.07) is 0. The van der Waals surface area contributed by atoms with Gasteiger partial charge in [-0.3, -0.25) is 4.79 Å². The zero-order valence-electron chi connectivity index (χ0n) is 11.9. The first-order valence-electron chi connectivity index (χ1n) is 7.18. The molecule has 0 spiro atoms. The second kappa shape index (κ2) is 5.57. The normalized spacial score (nSPS) is 33.8. The highest BCUT2D eigenvalue weighted by molar-refractivity contribution is 5.83. The molecule has 2 atom stereocenters. The summed E-state index contributed by atoms with van der Waals surface area (Å²) >= 11 is 0. The van der Waals surface area contributed by atoms with Crippen molar-refractivity contribution < 1.29 is 9.53 Å². The van der Waals surface area contributed by atoms with E-state index in [9.17, 15) is 4.79 Å². The summed E-state index contributed by atoms with van der Waals surface area (Å²) in [5.41, 5.74) is -0.190. The van der Waals surface area contributed by atoms with Crippen LogP contribution in [0.1, 0.15) is 33.6 Å². The van der Waals surface area contributed by atoms with Gasteiger partial charge in [0.25, 0.3) is 0 Å². The van der Waals surface area contributed by atoms with E-state index in [0.29, 0.717) is 11.8 Å². The lowest BCUT2D eigenvalue weighted by Crippen LogP contribution is -2.49. The van der Waals surface area contributed by atoms with Crippen molar-refractivity contribution in [2.45, 2.75) is 39.7 Å². The lowest BCUT2D eigenvalue weighted by molar-refractivity contribution is -0.144. The minimum absolute atomic E-state index is 0.162. The fourth-order valence-corrected chi connectivity index (χ4v) is 3.13. The first-order chi connectivity index (χ1) is 8.56. The van der Waals surface area contributed by atoms with E-state index in [1.54, 1.807) is 0 Å². The van der Waals surface area contributed by atoms with Crippen molar-refractivity contribution in [2.75, 3.05) is 32.8 Å². The molecular weight excluding hydrogens is 228 g/mol. The Morgan fingerprint density at radius 2 is 2.28 bits per heavy atom. The summed E-state index contributed by atoms with van der Waals surface area (Å²) in [6.07, 6.45) is 2.09. The van der Waals surface area contributed by atoms with Crippen molar-refractivity contribution in [3.63, 3.8) is 0 Å². The predicted molar refractivity (Wildman–Crippen MR) is 71.4 cm³/mol. The van der Waals surface area contributed by atoms with Crippen LogP contribution in [0.5, 0.6) is 0 Å². The van der Waals surface area contributed by atoms with Crippen molar-refractivity contribution in [2.24, 2.45) is 11.3 Å². The van der Waals surface area contributed by atoms with Gasteiger partial charge in [-0.05, 0) is 32.2 Å². The van der Waals surface area contributed by atoms with E-state index in [4.69, 9.17) is 4.74 Å². The summed E-state index contributed by atoms with van der Waals surface area (Å²) < 4.78 is 5.63. The fraction of sp³-hybridized carbons (Fsp3) is 0.929. The average Bonchev–Trinajstić information content (AvgIpc) is 2.73. The number of hydrogen-bond donors (Lipinski definition) is 1. The van der Waals surface area contributed by atoms with Gasteiger partial charge in [-0.15, -0.1) is 0 Å². The Kier molecular flexibility index (Phi) is 4.28. The second-order valence-electron chi connectivity index (χ2n) is 6.02. The topological polar surface area (TPSA) is 41.6 Å². The van der Waals surface area contributed by atoms with Gasteiger partial charge >= 0.3 is 0 Å². The summed E-state index contributed by atoms with van der Waals surface area (Å²) in [7, 11) is 0. The van der Waals surface area contributed by atoms with Crippen LogP contribution in [0.15, 0.2) is 0 Å². The SMILES string of the molecule is CC1CN(C(=O)C2(C(C)C)CCNC2)CCCO1. The van der Waals surface area contributed by atoms with Gasteiger partial charge in [0.15, 0.2) is 0 Å². The number of hydrogen-bond acceptors (Lipinski definition) is 3. The zero-order valence-corrected chi connectivity index (χ0v) is 11.9. The molecule has 2 heterocycles. The average molecular weight is 254 g/mol. The number of ether oxygens (including phenoxy) is 1. The molecule has 0 radical (unpaired) electrons. The van der Waals surface area contributed by atoms with Gasteiger partial charge in [-0.2, -0.15) is 0 Å². The van der Waals surface area contributed by atoms with Gasteiger partial charge in [-0.25, -0.2) is 0 Å². The smallest absolute Gasteiger partial charge is 0.230 e. The Balaban J connectivity index is 2.12. The Morgan fingerprint density at radius 3 is 2.89 bits per heavy atom. The lowest BCUT2D eigenvalue weighted by atomic mass is 9.75. The third kappa shape index (κ3) is 2.54. The van der Waals surface area contributed by atoms with Crippen molar-refractivity contribution in [3.8, 4) is 0 Å². The van der Waals surface area contributed by atoms with Gasteiger partial charge in [0, 0.05) is 26.2 Å². The van der Waals surface area contributed by atoms with Crippen LogP contribution in [0.25, 0.3) is 0 Å². The Labute approximate surface area is 110 Å². The van der Waals surface area contributed by atoms with Crippen molar-refractivity contribution in [3.05, 3.63) is 0 Å². The monoisotopic (exact) mass is 254 g/mol. The third-order valence-electron chi connectivity index (χ3n) is 4.46. The maximum absolute atomic E-state index is 12.9. The van der Waals surface area contributed by atoms with Gasteiger partial charge in [0.2, 0.25) is 5.91 Å². The maximum atomic E-state index is 12.9. The molecule has 2 aliphatic heterocycles. The number of nitrogens with one attached hydrogen (secondary N) is 1. The highest BCUT2D eigenvalue weighted by Crippen LogP contribution is 2.36. The van der Waals surface area contributed by atoms with E-state index < -0.39 is 0 Å². The molecule has 2 fully saturated rings. The molecule has 18 heavy (non-hydrogen) atoms. The fourth-order valence-electron chi connectivity index (χ4n) is 3.13. The minimum Gasteiger partial charge on any atom is -0.377 e. The van der Waals surface area contributed by atoms with E-state index in [0.717, 1.165) is 45.6 Å². The minimum atomic E-state index is -0.190. The van der Waals surface area contributed by atoms with Crippen LogP contribution < -0.4 is 5.32 Å². The molecule has 2 saturated heterocycles. The van der Waals surface area contributed by atoms with E-state index in [-0.39, 0.29) is 11.5 Å². The summed E-state index contributed by atoms with van der Waals surface area (Å²) in [4.78, 5) is 14.9. The molecule has 2 unspecified atom stereocenters. The predicted octanol–water partition coefficient (Wildman–Crippen LogP) is 1.26. The molecule has 2 rings (SSSR count). The van der Waals surface area contributed by atoms with E-state index in [2.05, 4.69) is 26.1 Å². The van der Waals surface area contributed by atoms with Gasteiger partial charge < -0.3 is 15.0 Å². The van der Waals surface area contributed by atoms with Crippen LogP contribution in [0.2, 0.25) is 0 Å². The maximum Gasteiger partial charge on any atom is 0.230 e. The Morgan fingerprint density at radius 1 is 1.50 bits per heavy atom. The first kappa shape index (κ1) is 13.8. The zero-order chi connectivity index (χ0) is 13.2. The second-order valence-corrected chi connectivity index (χ2v) is 6.02. The molecule has 2 aliphatic rings. The quantitative estimate of drug-likeness (QED) is 0.806. The lowest BCUT2D eigenvalue weighted by Gasteiger charge is -2.36. The summed E-state index contributed by atoms with van der Waals surface area (Å²) in [5, 5.41) is 3.36. The molecule has 0 aromatic heterocycles. The summed E-state index contributed by atoms with van der Waals surface area (Å²) in [6.45, 7) is 10.5. The summed E-state index contributed by atoms with van der Waals surface area (Å²) in [5.74, 6) is 0.722. The molecule has 1 N–H and O–H groups in total. The van der Waals surface area contributed by atoms with Crippen LogP contribution in [-0.4, -0.2) is 49.7 Å². The molecule has 1 amide bonds. The van der Waals surface area contributed by atoms with Crippen LogP contribution in [-0.2, 0) is 9.53 Å². The Hall–Kier alpha value is -0.610. The van der Waals surface area contributed by atoms with Gasteiger partial charge in [0.1, 0.15) is 0 Å². The molecule has 0 bridgehead atoms. The molecule has 4 heteroatoms. The molecule has 104 valence electrons. The number of nitrogens with zero attached hydrogens (tertiary/aromatic N) is 1. The van der Waals surface area contributed by atoms with Crippen molar-refractivity contribution >= 4 is 5.91 Å². The van der Waals surface area contributed by atoms with E-state index in [1.165, 1.54) is 0 Å². The van der Waals surface area contributed by atoms with E-state index >= 15 is 0 Å². The number of amides is 1. The highest BCUT2D eigenvalue weighted by atomic mass is 16.5. The molecular formula is C14H26N2O2. The van der Waals surface area contributed by atoms with Crippen LogP contribution in [0.4, 0.5) is 0 Å². The standard InChI is InChI=1S/C14H26N2O2/c1-11(2)14(5-6-15-10-14)13(17)16-7-4-8-18-12(3)9-16/h11-12,15H,4-10H2,1-3H3. The Bertz CT molecular complexity index is 298. The van der Waals surface area contributed by atoms with Gasteiger partial charge in [0.05, 0.1) is 11.5 Å². The third-order valence-corrected chi connectivity index (χ3v) is 4.46. The van der Waals surface area contributed by atoms with Gasteiger partial charge in [-0.1, -0.05) is 13.8 Å². The van der Waals surface area contributed by atoms with Crippen LogP contribution in [0, 0.1) is 11.3 Å². The number of rotatable bonds is 2. The van der Waals surface area contributed by atoms with Crippen molar-refractivity contribution in [1.82, 2.24) is 10.2 Å². The molecule has 0 aromatic rings. The molecule has 0 aromatic carbocycles. The largest absolute Gasteiger partial charge is 0.377 e. The number of carbonyl (C=O) groups excluding carboxylic acids is 1. The molecule has 0 aliphatic carbocycles. The van der Waals surface area contributed by atoms with Crippen LogP contribution >= 0.6 is 0 Å². The van der Waals surface area contributed by atoms with E-state index in [1.807, 2.05) is 4.90 Å². The van der Waals surface area contributed by atoms with Crippen LogP contribution in [0.3, 0.4) is 0 Å².